The Labute approximate surface area is 126 Å². The summed E-state index contributed by atoms with van der Waals surface area (Å²) in [4.78, 5) is 27.7. The van der Waals surface area contributed by atoms with Crippen molar-refractivity contribution in [1.82, 2.24) is 9.80 Å². The van der Waals surface area contributed by atoms with E-state index in [4.69, 9.17) is 5.73 Å². The Balaban J connectivity index is 2.97. The lowest BCUT2D eigenvalue weighted by Gasteiger charge is -2.32. The number of likely N-dealkylation sites (N-methyl/N-ethyl adjacent to an activating group) is 2. The number of nitrogen functional groups attached to an aromatic ring is 1. The predicted octanol–water partition coefficient (Wildman–Crippen LogP) is 1.48. The van der Waals surface area contributed by atoms with Crippen molar-refractivity contribution in [3.05, 3.63) is 29.8 Å². The molecule has 0 saturated heterocycles. The molecule has 0 spiro atoms. The lowest BCUT2D eigenvalue weighted by atomic mass is 9.83. The molecule has 0 aromatic heterocycles. The van der Waals surface area contributed by atoms with Crippen molar-refractivity contribution in [2.45, 2.75) is 26.2 Å². The maximum Gasteiger partial charge on any atom is 0.241 e. The zero-order chi connectivity index (χ0) is 16.2. The van der Waals surface area contributed by atoms with Crippen molar-refractivity contribution in [1.29, 1.82) is 0 Å². The molecular formula is C16H25N3O2. The first-order valence-corrected chi connectivity index (χ1v) is 7.05. The second-order valence-corrected chi connectivity index (χ2v) is 5.85. The highest BCUT2D eigenvalue weighted by atomic mass is 16.2. The molecule has 0 saturated carbocycles. The molecule has 0 heterocycles. The number of anilines is 1. The van der Waals surface area contributed by atoms with E-state index in [-0.39, 0.29) is 18.4 Å². The normalized spacial score (nSPS) is 11.1. The molecule has 1 aromatic carbocycles. The van der Waals surface area contributed by atoms with Crippen LogP contribution < -0.4 is 5.73 Å². The van der Waals surface area contributed by atoms with Gasteiger partial charge in [0.2, 0.25) is 11.8 Å². The maximum atomic E-state index is 12.8. The van der Waals surface area contributed by atoms with Gasteiger partial charge in [-0.3, -0.25) is 9.59 Å². The first-order chi connectivity index (χ1) is 9.70. The number of carbonyl (C=O) groups is 2. The van der Waals surface area contributed by atoms with Crippen LogP contribution in [0.4, 0.5) is 5.69 Å². The fraction of sp³-hybridized carbons (Fsp3) is 0.500. The molecule has 116 valence electrons. The summed E-state index contributed by atoms with van der Waals surface area (Å²) < 4.78 is 0. The Morgan fingerprint density at radius 1 is 1.14 bits per heavy atom. The van der Waals surface area contributed by atoms with Crippen molar-refractivity contribution < 1.29 is 9.59 Å². The minimum absolute atomic E-state index is 0.0648. The summed E-state index contributed by atoms with van der Waals surface area (Å²) in [6.07, 6.45) is 0. The van der Waals surface area contributed by atoms with Crippen LogP contribution in [0.1, 0.15) is 26.3 Å². The van der Waals surface area contributed by atoms with Gasteiger partial charge in [-0.05, 0) is 38.5 Å². The van der Waals surface area contributed by atoms with Gasteiger partial charge in [0.25, 0.3) is 0 Å². The zero-order valence-electron chi connectivity index (χ0n) is 13.5. The second-order valence-electron chi connectivity index (χ2n) is 5.85. The van der Waals surface area contributed by atoms with Crippen LogP contribution in [0.2, 0.25) is 0 Å². The highest BCUT2D eigenvalue weighted by Crippen LogP contribution is 2.26. The van der Waals surface area contributed by atoms with Gasteiger partial charge in [-0.2, -0.15) is 0 Å². The van der Waals surface area contributed by atoms with Crippen molar-refractivity contribution in [2.75, 3.05) is 32.9 Å². The van der Waals surface area contributed by atoms with Crippen molar-refractivity contribution >= 4 is 17.5 Å². The van der Waals surface area contributed by atoms with Gasteiger partial charge in [0, 0.05) is 26.3 Å². The van der Waals surface area contributed by atoms with E-state index in [0.717, 1.165) is 5.56 Å². The topological polar surface area (TPSA) is 66.6 Å². The third kappa shape index (κ3) is 3.97. The molecule has 0 aliphatic rings. The van der Waals surface area contributed by atoms with Crippen molar-refractivity contribution in [3.63, 3.8) is 0 Å². The number of carbonyl (C=O) groups excluding carboxylic acids is 2. The van der Waals surface area contributed by atoms with E-state index < -0.39 is 5.41 Å². The fourth-order valence-electron chi connectivity index (χ4n) is 2.05. The van der Waals surface area contributed by atoms with E-state index in [1.165, 1.54) is 4.90 Å². The van der Waals surface area contributed by atoms with Gasteiger partial charge in [-0.25, -0.2) is 0 Å². The van der Waals surface area contributed by atoms with Crippen LogP contribution in [0, 0.1) is 0 Å². The summed E-state index contributed by atoms with van der Waals surface area (Å²) in [7, 11) is 3.37. The van der Waals surface area contributed by atoms with Crippen LogP contribution >= 0.6 is 0 Å². The largest absolute Gasteiger partial charge is 0.399 e. The van der Waals surface area contributed by atoms with E-state index in [9.17, 15) is 9.59 Å². The molecule has 1 rings (SSSR count). The lowest BCUT2D eigenvalue weighted by Crippen LogP contribution is -2.47. The SMILES string of the molecule is CCN(CC(=O)N(C)C)C(=O)C(C)(C)c1ccc(N)cc1. The van der Waals surface area contributed by atoms with E-state index in [1.54, 1.807) is 31.1 Å². The molecule has 1 aromatic rings. The van der Waals surface area contributed by atoms with Crippen molar-refractivity contribution in [3.8, 4) is 0 Å². The molecular weight excluding hydrogens is 266 g/mol. The van der Waals surface area contributed by atoms with Gasteiger partial charge >= 0.3 is 0 Å². The molecule has 0 unspecified atom stereocenters. The monoisotopic (exact) mass is 291 g/mol. The van der Waals surface area contributed by atoms with E-state index in [2.05, 4.69) is 0 Å². The summed E-state index contributed by atoms with van der Waals surface area (Å²) in [5.74, 6) is -0.150. The van der Waals surface area contributed by atoms with E-state index in [0.29, 0.717) is 12.2 Å². The number of hydrogen-bond donors (Lipinski definition) is 1. The Hall–Kier alpha value is -2.04. The number of nitrogens with zero attached hydrogens (tertiary/aromatic N) is 2. The van der Waals surface area contributed by atoms with Gasteiger partial charge < -0.3 is 15.5 Å². The highest BCUT2D eigenvalue weighted by molar-refractivity contribution is 5.91. The summed E-state index contributed by atoms with van der Waals surface area (Å²) in [5.41, 5.74) is 6.54. The standard InChI is InChI=1S/C16H25N3O2/c1-6-19(11-14(20)18(4)5)15(21)16(2,3)12-7-9-13(17)10-8-12/h7-10H,6,11,17H2,1-5H3. The summed E-state index contributed by atoms with van der Waals surface area (Å²) >= 11 is 0. The molecule has 0 fully saturated rings. The van der Waals surface area contributed by atoms with E-state index >= 15 is 0 Å². The molecule has 0 bridgehead atoms. The van der Waals surface area contributed by atoms with Crippen LogP contribution in [0.3, 0.4) is 0 Å². The third-order valence-electron chi connectivity index (χ3n) is 3.66. The van der Waals surface area contributed by atoms with Gasteiger partial charge in [-0.15, -0.1) is 0 Å². The Morgan fingerprint density at radius 3 is 2.10 bits per heavy atom. The number of amides is 2. The quantitative estimate of drug-likeness (QED) is 0.836. The average molecular weight is 291 g/mol. The number of rotatable bonds is 5. The second kappa shape index (κ2) is 6.61. The summed E-state index contributed by atoms with van der Waals surface area (Å²) in [6.45, 7) is 6.20. The Bertz CT molecular complexity index is 507. The van der Waals surface area contributed by atoms with Gasteiger partial charge in [0.05, 0.1) is 12.0 Å². The van der Waals surface area contributed by atoms with Crippen molar-refractivity contribution in [2.24, 2.45) is 0 Å². The molecule has 0 aliphatic heterocycles. The number of hydrogen-bond acceptors (Lipinski definition) is 3. The van der Waals surface area contributed by atoms with Gasteiger partial charge in [-0.1, -0.05) is 12.1 Å². The average Bonchev–Trinajstić information content (AvgIpc) is 2.44. The van der Waals surface area contributed by atoms with Gasteiger partial charge in [0.1, 0.15) is 0 Å². The minimum Gasteiger partial charge on any atom is -0.399 e. The van der Waals surface area contributed by atoms with Crippen LogP contribution in [0.15, 0.2) is 24.3 Å². The fourth-order valence-corrected chi connectivity index (χ4v) is 2.05. The molecule has 5 nitrogen and oxygen atoms in total. The predicted molar refractivity (Wildman–Crippen MR) is 84.8 cm³/mol. The van der Waals surface area contributed by atoms with E-state index in [1.807, 2.05) is 32.9 Å². The summed E-state index contributed by atoms with van der Waals surface area (Å²) in [5, 5.41) is 0. The summed E-state index contributed by atoms with van der Waals surface area (Å²) in [6, 6.07) is 7.28. The molecule has 0 aliphatic carbocycles. The Kier molecular flexibility index (Phi) is 5.35. The molecule has 21 heavy (non-hydrogen) atoms. The van der Waals surface area contributed by atoms with Gasteiger partial charge in [0.15, 0.2) is 0 Å². The molecule has 2 amide bonds. The molecule has 2 N–H and O–H groups in total. The minimum atomic E-state index is -0.698. The van der Waals surface area contributed by atoms with Crippen LogP contribution in [0.25, 0.3) is 0 Å². The maximum absolute atomic E-state index is 12.8. The van der Waals surface area contributed by atoms with Crippen LogP contribution in [-0.4, -0.2) is 48.8 Å². The third-order valence-corrected chi connectivity index (χ3v) is 3.66. The van der Waals surface area contributed by atoms with Crippen LogP contribution in [0.5, 0.6) is 0 Å². The molecule has 5 heteroatoms. The molecule has 0 atom stereocenters. The smallest absolute Gasteiger partial charge is 0.241 e. The first-order valence-electron chi connectivity index (χ1n) is 7.05. The lowest BCUT2D eigenvalue weighted by molar-refractivity contribution is -0.142. The first kappa shape index (κ1) is 17.0. The number of benzene rings is 1. The highest BCUT2D eigenvalue weighted by Gasteiger charge is 2.34. The zero-order valence-corrected chi connectivity index (χ0v) is 13.5. The Morgan fingerprint density at radius 2 is 1.67 bits per heavy atom. The number of nitrogens with two attached hydrogens (primary N) is 1. The van der Waals surface area contributed by atoms with Crippen LogP contribution in [-0.2, 0) is 15.0 Å². The molecule has 0 radical (unpaired) electrons.